The molecule has 2 amide bonds. The molecule has 2 aromatic carbocycles. The normalized spacial score (nSPS) is 10.5. The molecule has 0 aliphatic heterocycles. The van der Waals surface area contributed by atoms with Crippen molar-refractivity contribution in [1.82, 2.24) is 10.2 Å². The highest BCUT2D eigenvalue weighted by Crippen LogP contribution is 2.15. The Morgan fingerprint density at radius 2 is 1.46 bits per heavy atom. The van der Waals surface area contributed by atoms with Crippen LogP contribution in [-0.4, -0.2) is 43.9 Å². The molecule has 2 N–H and O–H groups in total. The van der Waals surface area contributed by atoms with E-state index >= 15 is 0 Å². The first-order valence-electron chi connectivity index (χ1n) is 7.55. The number of carbonyl (C=O) groups is 2. The van der Waals surface area contributed by atoms with Crippen LogP contribution in [0.25, 0.3) is 0 Å². The summed E-state index contributed by atoms with van der Waals surface area (Å²) in [5.41, 5.74) is 1.76. The summed E-state index contributed by atoms with van der Waals surface area (Å²) in [6, 6.07) is 13.9. The minimum Gasteiger partial charge on any atom is -0.351 e. The number of rotatable bonds is 6. The van der Waals surface area contributed by atoms with Gasteiger partial charge in [0.15, 0.2) is 0 Å². The van der Waals surface area contributed by atoms with E-state index in [1.807, 2.05) is 43.3 Å². The van der Waals surface area contributed by atoms with Crippen molar-refractivity contribution in [2.75, 3.05) is 32.5 Å². The third-order valence-electron chi connectivity index (χ3n) is 3.36. The Morgan fingerprint density at radius 3 is 2.00 bits per heavy atom. The van der Waals surface area contributed by atoms with Crippen molar-refractivity contribution in [3.8, 4) is 0 Å². The van der Waals surface area contributed by atoms with Crippen molar-refractivity contribution in [1.29, 1.82) is 0 Å². The number of likely N-dealkylation sites (N-methyl/N-ethyl adjacent to an activating group) is 1. The van der Waals surface area contributed by atoms with Crippen LogP contribution in [0.4, 0.5) is 5.69 Å². The van der Waals surface area contributed by atoms with Gasteiger partial charge in [0, 0.05) is 34.4 Å². The summed E-state index contributed by atoms with van der Waals surface area (Å²) in [6.45, 7) is 1.36. The average Bonchev–Trinajstić information content (AvgIpc) is 2.56. The van der Waals surface area contributed by atoms with Crippen LogP contribution in [-0.2, 0) is 0 Å². The number of benzene rings is 2. The zero-order valence-corrected chi connectivity index (χ0v) is 15.3. The highest BCUT2D eigenvalue weighted by molar-refractivity contribution is 9.10. The van der Waals surface area contributed by atoms with Crippen LogP contribution < -0.4 is 10.6 Å². The maximum Gasteiger partial charge on any atom is 0.255 e. The summed E-state index contributed by atoms with van der Waals surface area (Å²) in [6.07, 6.45) is 0. The lowest BCUT2D eigenvalue weighted by Crippen LogP contribution is -2.31. The second-order valence-corrected chi connectivity index (χ2v) is 6.51. The fourth-order valence-corrected chi connectivity index (χ4v) is 2.27. The number of nitrogens with one attached hydrogen (secondary N) is 2. The lowest BCUT2D eigenvalue weighted by Gasteiger charge is -2.10. The van der Waals surface area contributed by atoms with Crippen molar-refractivity contribution in [3.05, 3.63) is 64.1 Å². The number of nitrogens with zero attached hydrogens (tertiary/aromatic N) is 1. The Hall–Kier alpha value is -2.18. The van der Waals surface area contributed by atoms with Gasteiger partial charge in [-0.3, -0.25) is 9.59 Å². The molecule has 0 aliphatic rings. The van der Waals surface area contributed by atoms with Crippen molar-refractivity contribution >= 4 is 33.4 Å². The molecule has 0 heterocycles. The van der Waals surface area contributed by atoms with Gasteiger partial charge in [-0.25, -0.2) is 0 Å². The maximum atomic E-state index is 12.2. The molecule has 6 heteroatoms. The second-order valence-electron chi connectivity index (χ2n) is 5.60. The van der Waals surface area contributed by atoms with E-state index in [1.165, 1.54) is 0 Å². The van der Waals surface area contributed by atoms with Crippen molar-refractivity contribution in [3.63, 3.8) is 0 Å². The number of hydrogen-bond donors (Lipinski definition) is 2. The van der Waals surface area contributed by atoms with Crippen molar-refractivity contribution in [2.24, 2.45) is 0 Å². The molecule has 0 atom stereocenters. The molecule has 0 spiro atoms. The van der Waals surface area contributed by atoms with Crippen molar-refractivity contribution < 1.29 is 9.59 Å². The number of amides is 2. The van der Waals surface area contributed by atoms with E-state index in [1.54, 1.807) is 24.3 Å². The van der Waals surface area contributed by atoms with Crippen LogP contribution in [0.15, 0.2) is 53.0 Å². The molecule has 0 aromatic heterocycles. The topological polar surface area (TPSA) is 61.4 Å². The Balaban J connectivity index is 1.94. The molecule has 0 unspecified atom stereocenters. The van der Waals surface area contributed by atoms with E-state index in [4.69, 9.17) is 0 Å². The number of anilines is 1. The average molecular weight is 390 g/mol. The van der Waals surface area contributed by atoms with Gasteiger partial charge in [0.1, 0.15) is 0 Å². The molecule has 126 valence electrons. The van der Waals surface area contributed by atoms with E-state index in [0.717, 1.165) is 11.0 Å². The van der Waals surface area contributed by atoms with Crippen LogP contribution in [0, 0.1) is 0 Å². The molecule has 0 bridgehead atoms. The third-order valence-corrected chi connectivity index (χ3v) is 3.88. The Bertz CT molecular complexity index is 697. The highest BCUT2D eigenvalue weighted by Gasteiger charge is 2.09. The van der Waals surface area contributed by atoms with Crippen LogP contribution in [0.3, 0.4) is 0 Å². The lowest BCUT2D eigenvalue weighted by atomic mass is 10.1. The molecule has 24 heavy (non-hydrogen) atoms. The summed E-state index contributed by atoms with van der Waals surface area (Å²) >= 11 is 3.35. The molecule has 0 fully saturated rings. The van der Waals surface area contributed by atoms with Gasteiger partial charge in [0.25, 0.3) is 11.8 Å². The predicted octanol–water partition coefficient (Wildman–Crippen LogP) is 2.99. The van der Waals surface area contributed by atoms with Gasteiger partial charge < -0.3 is 15.5 Å². The van der Waals surface area contributed by atoms with Gasteiger partial charge >= 0.3 is 0 Å². The summed E-state index contributed by atoms with van der Waals surface area (Å²) in [5.74, 6) is -0.353. The monoisotopic (exact) mass is 389 g/mol. The van der Waals surface area contributed by atoms with Gasteiger partial charge in [-0.2, -0.15) is 0 Å². The second kappa shape index (κ2) is 8.61. The van der Waals surface area contributed by atoms with Gasteiger partial charge in [0.2, 0.25) is 0 Å². The summed E-state index contributed by atoms with van der Waals surface area (Å²) in [4.78, 5) is 26.2. The zero-order chi connectivity index (χ0) is 17.5. The summed E-state index contributed by atoms with van der Waals surface area (Å²) in [7, 11) is 3.90. The molecular weight excluding hydrogens is 370 g/mol. The number of hydrogen-bond acceptors (Lipinski definition) is 3. The van der Waals surface area contributed by atoms with Crippen LogP contribution in [0.1, 0.15) is 20.7 Å². The van der Waals surface area contributed by atoms with E-state index in [9.17, 15) is 9.59 Å². The molecule has 5 nitrogen and oxygen atoms in total. The van der Waals surface area contributed by atoms with Crippen molar-refractivity contribution in [2.45, 2.75) is 0 Å². The smallest absolute Gasteiger partial charge is 0.255 e. The quantitative estimate of drug-likeness (QED) is 0.797. The third kappa shape index (κ3) is 5.47. The molecule has 2 rings (SSSR count). The fraction of sp³-hybridized carbons (Fsp3) is 0.222. The van der Waals surface area contributed by atoms with E-state index in [-0.39, 0.29) is 11.8 Å². The highest BCUT2D eigenvalue weighted by atomic mass is 79.9. The van der Waals surface area contributed by atoms with Crippen LogP contribution in [0.2, 0.25) is 0 Å². The molecule has 2 aromatic rings. The van der Waals surface area contributed by atoms with Crippen LogP contribution in [0.5, 0.6) is 0 Å². The first-order chi connectivity index (χ1) is 11.5. The SMILES string of the molecule is CN(C)CCNC(=O)c1ccc(C(=O)Nc2ccc(Br)cc2)cc1. The van der Waals surface area contributed by atoms with Gasteiger partial charge in [-0.1, -0.05) is 15.9 Å². The van der Waals surface area contributed by atoms with Gasteiger partial charge in [0.05, 0.1) is 0 Å². The van der Waals surface area contributed by atoms with Gasteiger partial charge in [-0.15, -0.1) is 0 Å². The zero-order valence-electron chi connectivity index (χ0n) is 13.7. The molecular formula is C18H20BrN3O2. The Kier molecular flexibility index (Phi) is 6.52. The molecule has 0 saturated carbocycles. The van der Waals surface area contributed by atoms with E-state index in [2.05, 4.69) is 26.6 Å². The molecule has 0 radical (unpaired) electrons. The van der Waals surface area contributed by atoms with Crippen LogP contribution >= 0.6 is 15.9 Å². The summed E-state index contributed by atoms with van der Waals surface area (Å²) < 4.78 is 0.949. The Labute approximate surface area is 150 Å². The van der Waals surface area contributed by atoms with Gasteiger partial charge in [-0.05, 0) is 62.6 Å². The number of carbonyl (C=O) groups excluding carboxylic acids is 2. The first kappa shape index (κ1) is 18.2. The minimum absolute atomic E-state index is 0.142. The lowest BCUT2D eigenvalue weighted by molar-refractivity contribution is 0.0949. The first-order valence-corrected chi connectivity index (χ1v) is 8.35. The standard InChI is InChI=1S/C18H20BrN3O2/c1-22(2)12-11-20-17(23)13-3-5-14(6-4-13)18(24)21-16-9-7-15(19)8-10-16/h3-10H,11-12H2,1-2H3,(H,20,23)(H,21,24). The molecule has 0 aliphatic carbocycles. The van der Waals surface area contributed by atoms with E-state index < -0.39 is 0 Å². The summed E-state index contributed by atoms with van der Waals surface area (Å²) in [5, 5.41) is 5.65. The maximum absolute atomic E-state index is 12.2. The minimum atomic E-state index is -0.211. The molecule has 0 saturated heterocycles. The largest absolute Gasteiger partial charge is 0.351 e. The fourth-order valence-electron chi connectivity index (χ4n) is 2.00. The Morgan fingerprint density at radius 1 is 0.917 bits per heavy atom. The predicted molar refractivity (Wildman–Crippen MR) is 99.4 cm³/mol. The van der Waals surface area contributed by atoms with E-state index in [0.29, 0.717) is 23.4 Å². The number of halogens is 1.